The Labute approximate surface area is 108 Å². The van der Waals surface area contributed by atoms with Crippen molar-refractivity contribution >= 4 is 11.6 Å². The second-order valence-corrected chi connectivity index (χ2v) is 4.69. The first kappa shape index (κ1) is 14.5. The molecule has 0 saturated heterocycles. The van der Waals surface area contributed by atoms with Crippen LogP contribution < -0.4 is 11.1 Å². The van der Waals surface area contributed by atoms with Gasteiger partial charge in [-0.2, -0.15) is 0 Å². The molecule has 4 nitrogen and oxygen atoms in total. The van der Waals surface area contributed by atoms with Gasteiger partial charge in [-0.05, 0) is 43.5 Å². The molecule has 0 aliphatic heterocycles. The SMILES string of the molecule is CCC(O)(CC)CNC(=O)c1ccc(N)cc1C. The molecule has 0 aliphatic rings. The lowest BCUT2D eigenvalue weighted by atomic mass is 9.97. The lowest BCUT2D eigenvalue weighted by Gasteiger charge is -2.25. The van der Waals surface area contributed by atoms with Crippen molar-refractivity contribution in [1.29, 1.82) is 0 Å². The summed E-state index contributed by atoms with van der Waals surface area (Å²) in [7, 11) is 0. The standard InChI is InChI=1S/C14H22N2O2/c1-4-14(18,5-2)9-16-13(17)12-7-6-11(15)8-10(12)3/h6-8,18H,4-5,9,15H2,1-3H3,(H,16,17). The van der Waals surface area contributed by atoms with Gasteiger partial charge in [0.2, 0.25) is 0 Å². The van der Waals surface area contributed by atoms with Crippen molar-refractivity contribution in [2.45, 2.75) is 39.2 Å². The third kappa shape index (κ3) is 3.47. The van der Waals surface area contributed by atoms with Gasteiger partial charge in [0.25, 0.3) is 5.91 Å². The summed E-state index contributed by atoms with van der Waals surface area (Å²) >= 11 is 0. The molecule has 0 bridgehead atoms. The second kappa shape index (κ2) is 5.87. The van der Waals surface area contributed by atoms with Crippen LogP contribution in [0.1, 0.15) is 42.6 Å². The van der Waals surface area contributed by atoms with Gasteiger partial charge >= 0.3 is 0 Å². The van der Waals surface area contributed by atoms with Gasteiger partial charge < -0.3 is 16.2 Å². The van der Waals surface area contributed by atoms with Crippen molar-refractivity contribution in [3.63, 3.8) is 0 Å². The molecule has 0 radical (unpaired) electrons. The minimum Gasteiger partial charge on any atom is -0.399 e. The summed E-state index contributed by atoms with van der Waals surface area (Å²) in [6.07, 6.45) is 1.23. The zero-order chi connectivity index (χ0) is 13.8. The van der Waals surface area contributed by atoms with E-state index in [4.69, 9.17) is 5.73 Å². The lowest BCUT2D eigenvalue weighted by molar-refractivity contribution is 0.0314. The van der Waals surface area contributed by atoms with Crippen LogP contribution in [-0.2, 0) is 0 Å². The maximum Gasteiger partial charge on any atom is 0.251 e. The van der Waals surface area contributed by atoms with Crippen LogP contribution >= 0.6 is 0 Å². The Hall–Kier alpha value is -1.55. The number of amides is 1. The minimum atomic E-state index is -0.822. The normalized spacial score (nSPS) is 11.3. The van der Waals surface area contributed by atoms with Crippen molar-refractivity contribution in [3.05, 3.63) is 29.3 Å². The van der Waals surface area contributed by atoms with E-state index in [9.17, 15) is 9.90 Å². The van der Waals surface area contributed by atoms with E-state index in [1.165, 1.54) is 0 Å². The number of nitrogen functional groups attached to an aromatic ring is 1. The lowest BCUT2D eigenvalue weighted by Crippen LogP contribution is -2.42. The van der Waals surface area contributed by atoms with Gasteiger partial charge in [0, 0.05) is 17.8 Å². The zero-order valence-corrected chi connectivity index (χ0v) is 11.3. The number of aliphatic hydroxyl groups is 1. The van der Waals surface area contributed by atoms with Gasteiger partial charge in [0.05, 0.1) is 5.60 Å². The van der Waals surface area contributed by atoms with E-state index >= 15 is 0 Å². The molecule has 1 rings (SSSR count). The zero-order valence-electron chi connectivity index (χ0n) is 11.3. The first-order chi connectivity index (χ1) is 8.41. The molecule has 0 aromatic heterocycles. The van der Waals surface area contributed by atoms with Crippen molar-refractivity contribution in [2.24, 2.45) is 0 Å². The van der Waals surface area contributed by atoms with Crippen molar-refractivity contribution in [2.75, 3.05) is 12.3 Å². The number of hydrogen-bond donors (Lipinski definition) is 3. The van der Waals surface area contributed by atoms with E-state index in [-0.39, 0.29) is 12.5 Å². The monoisotopic (exact) mass is 250 g/mol. The van der Waals surface area contributed by atoms with Crippen LogP contribution in [0.15, 0.2) is 18.2 Å². The summed E-state index contributed by atoms with van der Waals surface area (Å²) in [6.45, 7) is 5.92. The molecule has 0 saturated carbocycles. The quantitative estimate of drug-likeness (QED) is 0.698. The van der Waals surface area contributed by atoms with Gasteiger partial charge in [0.1, 0.15) is 0 Å². The molecular formula is C14H22N2O2. The van der Waals surface area contributed by atoms with Gasteiger partial charge in [-0.25, -0.2) is 0 Å². The van der Waals surface area contributed by atoms with E-state index < -0.39 is 5.60 Å². The molecule has 18 heavy (non-hydrogen) atoms. The number of carbonyl (C=O) groups is 1. The molecule has 0 aliphatic carbocycles. The Bertz CT molecular complexity index is 426. The fraction of sp³-hybridized carbons (Fsp3) is 0.500. The number of carbonyl (C=O) groups excluding carboxylic acids is 1. The molecule has 0 unspecified atom stereocenters. The fourth-order valence-electron chi connectivity index (χ4n) is 1.78. The van der Waals surface area contributed by atoms with E-state index in [0.717, 1.165) is 5.56 Å². The molecule has 0 fully saturated rings. The summed E-state index contributed by atoms with van der Waals surface area (Å²) in [5, 5.41) is 12.9. The van der Waals surface area contributed by atoms with Crippen LogP contribution in [0.25, 0.3) is 0 Å². The number of anilines is 1. The van der Waals surface area contributed by atoms with Gasteiger partial charge in [0.15, 0.2) is 0 Å². The highest BCUT2D eigenvalue weighted by Crippen LogP contribution is 2.15. The third-order valence-corrected chi connectivity index (χ3v) is 3.39. The maximum absolute atomic E-state index is 12.0. The first-order valence-electron chi connectivity index (χ1n) is 6.28. The highest BCUT2D eigenvalue weighted by atomic mass is 16.3. The molecule has 0 heterocycles. The molecule has 1 aromatic carbocycles. The molecule has 1 amide bonds. The van der Waals surface area contributed by atoms with Crippen LogP contribution in [0.4, 0.5) is 5.69 Å². The van der Waals surface area contributed by atoms with E-state index in [0.29, 0.717) is 24.1 Å². The Kier molecular flexibility index (Phi) is 4.73. The number of nitrogens with one attached hydrogen (secondary N) is 1. The fourth-order valence-corrected chi connectivity index (χ4v) is 1.78. The molecule has 0 spiro atoms. The Morgan fingerprint density at radius 3 is 2.50 bits per heavy atom. The summed E-state index contributed by atoms with van der Waals surface area (Å²) < 4.78 is 0. The maximum atomic E-state index is 12.0. The number of benzene rings is 1. The minimum absolute atomic E-state index is 0.173. The molecule has 100 valence electrons. The van der Waals surface area contributed by atoms with Crippen LogP contribution in [0.3, 0.4) is 0 Å². The summed E-state index contributed by atoms with van der Waals surface area (Å²) in [5.74, 6) is -0.173. The molecule has 4 N–H and O–H groups in total. The summed E-state index contributed by atoms with van der Waals surface area (Å²) in [5.41, 5.74) is 6.89. The van der Waals surface area contributed by atoms with Crippen molar-refractivity contribution < 1.29 is 9.90 Å². The van der Waals surface area contributed by atoms with Crippen molar-refractivity contribution in [1.82, 2.24) is 5.32 Å². The number of nitrogens with two attached hydrogens (primary N) is 1. The summed E-state index contributed by atoms with van der Waals surface area (Å²) in [6, 6.07) is 5.17. The van der Waals surface area contributed by atoms with Gasteiger partial charge in [-0.15, -0.1) is 0 Å². The van der Waals surface area contributed by atoms with Crippen LogP contribution in [-0.4, -0.2) is 23.2 Å². The Balaban J connectivity index is 2.71. The molecule has 4 heteroatoms. The largest absolute Gasteiger partial charge is 0.399 e. The first-order valence-corrected chi connectivity index (χ1v) is 6.28. The third-order valence-electron chi connectivity index (χ3n) is 3.39. The summed E-state index contributed by atoms with van der Waals surface area (Å²) in [4.78, 5) is 12.0. The van der Waals surface area contributed by atoms with Gasteiger partial charge in [-0.3, -0.25) is 4.79 Å². The molecular weight excluding hydrogens is 228 g/mol. The molecule has 1 aromatic rings. The smallest absolute Gasteiger partial charge is 0.251 e. The Morgan fingerprint density at radius 2 is 2.00 bits per heavy atom. The average Bonchev–Trinajstić information content (AvgIpc) is 2.35. The number of aryl methyl sites for hydroxylation is 1. The van der Waals surface area contributed by atoms with Gasteiger partial charge in [-0.1, -0.05) is 13.8 Å². The van der Waals surface area contributed by atoms with E-state index in [2.05, 4.69) is 5.32 Å². The van der Waals surface area contributed by atoms with Crippen LogP contribution in [0.5, 0.6) is 0 Å². The number of rotatable bonds is 5. The van der Waals surface area contributed by atoms with Crippen molar-refractivity contribution in [3.8, 4) is 0 Å². The number of hydrogen-bond acceptors (Lipinski definition) is 3. The van der Waals surface area contributed by atoms with E-state index in [1.807, 2.05) is 20.8 Å². The average molecular weight is 250 g/mol. The second-order valence-electron chi connectivity index (χ2n) is 4.69. The Morgan fingerprint density at radius 1 is 1.39 bits per heavy atom. The predicted octanol–water partition coefficient (Wildman–Crippen LogP) is 1.86. The highest BCUT2D eigenvalue weighted by Gasteiger charge is 2.23. The topological polar surface area (TPSA) is 75.3 Å². The predicted molar refractivity (Wildman–Crippen MR) is 73.5 cm³/mol. The van der Waals surface area contributed by atoms with Crippen LogP contribution in [0.2, 0.25) is 0 Å². The molecule has 0 atom stereocenters. The van der Waals surface area contributed by atoms with Crippen LogP contribution in [0, 0.1) is 6.92 Å². The highest BCUT2D eigenvalue weighted by molar-refractivity contribution is 5.96. The van der Waals surface area contributed by atoms with E-state index in [1.54, 1.807) is 18.2 Å².